The van der Waals surface area contributed by atoms with Gasteiger partial charge in [-0.1, -0.05) is 13.8 Å². The summed E-state index contributed by atoms with van der Waals surface area (Å²) in [5.74, 6) is 0. The summed E-state index contributed by atoms with van der Waals surface area (Å²) in [6.45, 7) is 13.2. The number of nitrogens with zero attached hydrogens (tertiary/aromatic N) is 2. The molecule has 1 rings (SSSR count). The van der Waals surface area contributed by atoms with Crippen molar-refractivity contribution in [2.45, 2.75) is 59.5 Å². The number of hydrogen-bond acceptors (Lipinski definition) is 4. The number of hydrogen-bond donors (Lipinski definition) is 1. The van der Waals surface area contributed by atoms with Gasteiger partial charge in [0.25, 0.3) is 0 Å². The first kappa shape index (κ1) is 15.4. The maximum atomic E-state index is 4.79. The van der Waals surface area contributed by atoms with E-state index < -0.39 is 0 Å². The zero-order valence-electron chi connectivity index (χ0n) is 12.4. The molecule has 1 heterocycles. The molecule has 1 aromatic rings. The average molecular weight is 269 g/mol. The van der Waals surface area contributed by atoms with Crippen LogP contribution in [0, 0.1) is 0 Å². The second-order valence-electron chi connectivity index (χ2n) is 4.77. The molecular weight excluding hydrogens is 242 g/mol. The highest BCUT2D eigenvalue weighted by atomic mass is 32.1. The van der Waals surface area contributed by atoms with Gasteiger partial charge in [-0.2, -0.15) is 0 Å². The minimum atomic E-state index is 0.352. The van der Waals surface area contributed by atoms with E-state index in [1.54, 1.807) is 11.3 Å². The van der Waals surface area contributed by atoms with E-state index in [1.165, 1.54) is 5.69 Å². The molecule has 0 saturated heterocycles. The lowest BCUT2D eigenvalue weighted by atomic mass is 10.2. The molecule has 3 nitrogen and oxygen atoms in total. The van der Waals surface area contributed by atoms with Crippen LogP contribution in [0.3, 0.4) is 0 Å². The Morgan fingerprint density at radius 2 is 2.06 bits per heavy atom. The standard InChI is InChI=1S/C14H27N3S/c1-6-9-15-12(5)13-10-18-14(16-13)17(8-3)11(4)7-2/h10-12,15H,6-9H2,1-5H3. The fourth-order valence-electron chi connectivity index (χ4n) is 1.93. The Morgan fingerprint density at radius 1 is 1.33 bits per heavy atom. The summed E-state index contributed by atoms with van der Waals surface area (Å²) in [6, 6.07) is 0.915. The quantitative estimate of drug-likeness (QED) is 0.777. The Labute approximate surface area is 116 Å². The lowest BCUT2D eigenvalue weighted by Crippen LogP contribution is -2.32. The summed E-state index contributed by atoms with van der Waals surface area (Å²) in [4.78, 5) is 7.17. The van der Waals surface area contributed by atoms with Crippen LogP contribution in [0.4, 0.5) is 5.13 Å². The number of anilines is 1. The van der Waals surface area contributed by atoms with E-state index in [0.717, 1.165) is 31.1 Å². The van der Waals surface area contributed by atoms with E-state index >= 15 is 0 Å². The fraction of sp³-hybridized carbons (Fsp3) is 0.786. The van der Waals surface area contributed by atoms with Crippen LogP contribution in [-0.4, -0.2) is 24.1 Å². The molecule has 0 spiro atoms. The van der Waals surface area contributed by atoms with Crippen molar-refractivity contribution in [1.29, 1.82) is 0 Å². The molecule has 2 unspecified atom stereocenters. The predicted molar refractivity (Wildman–Crippen MR) is 81.6 cm³/mol. The van der Waals surface area contributed by atoms with Gasteiger partial charge in [0.05, 0.1) is 5.69 Å². The SMILES string of the molecule is CCCNC(C)c1csc(N(CC)C(C)CC)n1. The third kappa shape index (κ3) is 3.95. The average Bonchev–Trinajstić information content (AvgIpc) is 2.86. The lowest BCUT2D eigenvalue weighted by molar-refractivity contribution is 0.559. The van der Waals surface area contributed by atoms with Gasteiger partial charge in [0, 0.05) is 24.0 Å². The van der Waals surface area contributed by atoms with Gasteiger partial charge in [-0.05, 0) is 40.2 Å². The number of thiazole rings is 1. The number of nitrogens with one attached hydrogen (secondary N) is 1. The first-order valence-electron chi connectivity index (χ1n) is 7.09. The molecule has 0 saturated carbocycles. The molecule has 0 radical (unpaired) electrons. The molecule has 0 aliphatic rings. The van der Waals surface area contributed by atoms with Crippen LogP contribution >= 0.6 is 11.3 Å². The molecule has 0 amide bonds. The van der Waals surface area contributed by atoms with Crippen LogP contribution in [0.2, 0.25) is 0 Å². The van der Waals surface area contributed by atoms with E-state index in [2.05, 4.69) is 50.2 Å². The maximum Gasteiger partial charge on any atom is 0.185 e. The van der Waals surface area contributed by atoms with E-state index in [0.29, 0.717) is 12.1 Å². The van der Waals surface area contributed by atoms with Crippen molar-refractivity contribution in [2.24, 2.45) is 0 Å². The fourth-order valence-corrected chi connectivity index (χ4v) is 3.01. The van der Waals surface area contributed by atoms with E-state index in [1.807, 2.05) is 0 Å². The Hall–Kier alpha value is -0.610. The van der Waals surface area contributed by atoms with Crippen molar-refractivity contribution in [2.75, 3.05) is 18.0 Å². The topological polar surface area (TPSA) is 28.2 Å². The monoisotopic (exact) mass is 269 g/mol. The zero-order valence-corrected chi connectivity index (χ0v) is 13.2. The third-order valence-electron chi connectivity index (χ3n) is 3.36. The van der Waals surface area contributed by atoms with Crippen LogP contribution < -0.4 is 10.2 Å². The lowest BCUT2D eigenvalue weighted by Gasteiger charge is -2.26. The molecule has 0 aromatic carbocycles. The Kier molecular flexibility index (Phi) is 6.65. The Morgan fingerprint density at radius 3 is 2.61 bits per heavy atom. The summed E-state index contributed by atoms with van der Waals surface area (Å²) in [6.07, 6.45) is 2.32. The molecule has 0 aliphatic heterocycles. The highest BCUT2D eigenvalue weighted by molar-refractivity contribution is 7.13. The summed E-state index contributed by atoms with van der Waals surface area (Å²) >= 11 is 1.76. The van der Waals surface area contributed by atoms with Gasteiger partial charge in [0.2, 0.25) is 0 Å². The van der Waals surface area contributed by atoms with Crippen LogP contribution in [0.15, 0.2) is 5.38 Å². The normalized spacial score (nSPS) is 14.5. The molecule has 4 heteroatoms. The molecule has 0 bridgehead atoms. The second kappa shape index (κ2) is 7.74. The van der Waals surface area contributed by atoms with Crippen molar-refractivity contribution in [3.8, 4) is 0 Å². The summed E-state index contributed by atoms with van der Waals surface area (Å²) in [5.41, 5.74) is 1.17. The van der Waals surface area contributed by atoms with E-state index in [-0.39, 0.29) is 0 Å². The van der Waals surface area contributed by atoms with Gasteiger partial charge in [-0.3, -0.25) is 0 Å². The minimum absolute atomic E-state index is 0.352. The highest BCUT2D eigenvalue weighted by Crippen LogP contribution is 2.26. The van der Waals surface area contributed by atoms with Crippen LogP contribution in [0.25, 0.3) is 0 Å². The molecule has 0 fully saturated rings. The van der Waals surface area contributed by atoms with Crippen LogP contribution in [0.1, 0.15) is 59.2 Å². The largest absolute Gasteiger partial charge is 0.346 e. The van der Waals surface area contributed by atoms with Gasteiger partial charge in [0.15, 0.2) is 5.13 Å². The highest BCUT2D eigenvalue weighted by Gasteiger charge is 2.16. The molecule has 2 atom stereocenters. The van der Waals surface area contributed by atoms with E-state index in [4.69, 9.17) is 4.98 Å². The van der Waals surface area contributed by atoms with Gasteiger partial charge in [0.1, 0.15) is 0 Å². The molecule has 18 heavy (non-hydrogen) atoms. The van der Waals surface area contributed by atoms with Gasteiger partial charge in [-0.15, -0.1) is 11.3 Å². The number of rotatable bonds is 8. The Bertz CT molecular complexity index is 338. The minimum Gasteiger partial charge on any atom is -0.346 e. The maximum absolute atomic E-state index is 4.79. The molecule has 1 N–H and O–H groups in total. The van der Waals surface area contributed by atoms with Crippen LogP contribution in [0.5, 0.6) is 0 Å². The third-order valence-corrected chi connectivity index (χ3v) is 4.26. The second-order valence-corrected chi connectivity index (χ2v) is 5.61. The summed E-state index contributed by atoms with van der Waals surface area (Å²) < 4.78 is 0. The van der Waals surface area contributed by atoms with Crippen molar-refractivity contribution in [3.63, 3.8) is 0 Å². The summed E-state index contributed by atoms with van der Waals surface area (Å²) in [7, 11) is 0. The molecule has 1 aromatic heterocycles. The summed E-state index contributed by atoms with van der Waals surface area (Å²) in [5, 5.41) is 6.84. The molecular formula is C14H27N3S. The molecule has 104 valence electrons. The molecule has 0 aliphatic carbocycles. The first-order chi connectivity index (χ1) is 8.63. The van der Waals surface area contributed by atoms with Gasteiger partial charge >= 0.3 is 0 Å². The smallest absolute Gasteiger partial charge is 0.185 e. The van der Waals surface area contributed by atoms with Crippen molar-refractivity contribution >= 4 is 16.5 Å². The van der Waals surface area contributed by atoms with Gasteiger partial charge in [-0.25, -0.2) is 4.98 Å². The van der Waals surface area contributed by atoms with Crippen molar-refractivity contribution < 1.29 is 0 Å². The number of aromatic nitrogens is 1. The van der Waals surface area contributed by atoms with Crippen molar-refractivity contribution in [3.05, 3.63) is 11.1 Å². The zero-order chi connectivity index (χ0) is 13.5. The van der Waals surface area contributed by atoms with Crippen molar-refractivity contribution in [1.82, 2.24) is 10.3 Å². The first-order valence-corrected chi connectivity index (χ1v) is 7.97. The van der Waals surface area contributed by atoms with Crippen LogP contribution in [-0.2, 0) is 0 Å². The van der Waals surface area contributed by atoms with E-state index in [9.17, 15) is 0 Å². The Balaban J connectivity index is 2.71. The van der Waals surface area contributed by atoms with Gasteiger partial charge < -0.3 is 10.2 Å². The predicted octanol–water partition coefficient (Wildman–Crippen LogP) is 3.83.